The Bertz CT molecular complexity index is 516. The number of aliphatic hydroxyl groups is 1. The van der Waals surface area contributed by atoms with Gasteiger partial charge in [-0.2, -0.15) is 0 Å². The SMILES string of the molecule is CCNC(=O)C(=O)NCC(O)c1ccc2c(c1)CCO2. The van der Waals surface area contributed by atoms with E-state index in [9.17, 15) is 14.7 Å². The number of nitrogens with one attached hydrogen (secondary N) is 2. The van der Waals surface area contributed by atoms with Crippen LogP contribution in [0.2, 0.25) is 0 Å². The van der Waals surface area contributed by atoms with Crippen LogP contribution in [-0.2, 0) is 16.0 Å². The van der Waals surface area contributed by atoms with Crippen LogP contribution in [0.15, 0.2) is 18.2 Å². The Morgan fingerprint density at radius 1 is 1.35 bits per heavy atom. The minimum absolute atomic E-state index is 0.00435. The fourth-order valence-corrected chi connectivity index (χ4v) is 2.04. The third-order valence-electron chi connectivity index (χ3n) is 3.10. The number of amides is 2. The molecule has 0 saturated carbocycles. The van der Waals surface area contributed by atoms with E-state index in [4.69, 9.17) is 4.74 Å². The molecule has 108 valence electrons. The first-order chi connectivity index (χ1) is 9.61. The second kappa shape index (κ2) is 6.38. The van der Waals surface area contributed by atoms with Crippen LogP contribution < -0.4 is 15.4 Å². The zero-order valence-corrected chi connectivity index (χ0v) is 11.3. The molecule has 1 unspecified atom stereocenters. The highest BCUT2D eigenvalue weighted by molar-refractivity contribution is 6.35. The Hall–Kier alpha value is -2.08. The number of carbonyl (C=O) groups is 2. The van der Waals surface area contributed by atoms with Gasteiger partial charge in [0.25, 0.3) is 0 Å². The van der Waals surface area contributed by atoms with E-state index >= 15 is 0 Å². The van der Waals surface area contributed by atoms with Crippen LogP contribution in [0.5, 0.6) is 5.75 Å². The van der Waals surface area contributed by atoms with Crippen LogP contribution >= 0.6 is 0 Å². The van der Waals surface area contributed by atoms with Crippen LogP contribution in [0.25, 0.3) is 0 Å². The lowest BCUT2D eigenvalue weighted by Crippen LogP contribution is -2.41. The molecule has 1 aromatic carbocycles. The van der Waals surface area contributed by atoms with Crippen molar-refractivity contribution >= 4 is 11.8 Å². The van der Waals surface area contributed by atoms with Crippen molar-refractivity contribution in [2.24, 2.45) is 0 Å². The van der Waals surface area contributed by atoms with Crippen molar-refractivity contribution in [3.8, 4) is 5.75 Å². The van der Waals surface area contributed by atoms with Crippen molar-refractivity contribution in [3.05, 3.63) is 29.3 Å². The summed E-state index contributed by atoms with van der Waals surface area (Å²) >= 11 is 0. The van der Waals surface area contributed by atoms with Gasteiger partial charge in [-0.05, 0) is 30.2 Å². The van der Waals surface area contributed by atoms with Gasteiger partial charge in [-0.25, -0.2) is 0 Å². The smallest absolute Gasteiger partial charge is 0.309 e. The summed E-state index contributed by atoms with van der Waals surface area (Å²) in [6.07, 6.45) is -0.0273. The Labute approximate surface area is 117 Å². The lowest BCUT2D eigenvalue weighted by molar-refractivity contribution is -0.139. The third-order valence-corrected chi connectivity index (χ3v) is 3.10. The molecule has 6 nitrogen and oxygen atoms in total. The lowest BCUT2D eigenvalue weighted by Gasteiger charge is -2.13. The molecule has 1 aliphatic rings. The zero-order valence-electron chi connectivity index (χ0n) is 11.3. The van der Waals surface area contributed by atoms with Gasteiger partial charge in [-0.1, -0.05) is 6.07 Å². The minimum atomic E-state index is -0.848. The maximum Gasteiger partial charge on any atom is 0.309 e. The predicted octanol–water partition coefficient (Wildman–Crippen LogP) is -0.0928. The van der Waals surface area contributed by atoms with Crippen LogP contribution in [-0.4, -0.2) is 36.6 Å². The molecule has 1 heterocycles. The Morgan fingerprint density at radius 3 is 2.85 bits per heavy atom. The van der Waals surface area contributed by atoms with E-state index in [1.54, 1.807) is 13.0 Å². The normalized spacial score (nSPS) is 14.1. The molecule has 2 amide bonds. The fraction of sp³-hybridized carbons (Fsp3) is 0.429. The summed E-state index contributed by atoms with van der Waals surface area (Å²) < 4.78 is 5.39. The summed E-state index contributed by atoms with van der Waals surface area (Å²) in [4.78, 5) is 22.6. The molecular formula is C14H18N2O4. The van der Waals surface area contributed by atoms with Gasteiger partial charge in [0.2, 0.25) is 0 Å². The summed E-state index contributed by atoms with van der Waals surface area (Å²) in [5, 5.41) is 14.8. The largest absolute Gasteiger partial charge is 0.493 e. The lowest BCUT2D eigenvalue weighted by atomic mass is 10.0. The summed E-state index contributed by atoms with van der Waals surface area (Å²) in [5.74, 6) is -0.593. The molecule has 0 bridgehead atoms. The standard InChI is InChI=1S/C14H18N2O4/c1-2-15-13(18)14(19)16-8-11(17)9-3-4-12-10(7-9)5-6-20-12/h3-4,7,11,17H,2,5-6,8H2,1H3,(H,15,18)(H,16,19). The second-order valence-electron chi connectivity index (χ2n) is 4.55. The summed E-state index contributed by atoms with van der Waals surface area (Å²) in [6, 6.07) is 5.44. The highest BCUT2D eigenvalue weighted by Crippen LogP contribution is 2.27. The van der Waals surface area contributed by atoms with Crippen LogP contribution in [0, 0.1) is 0 Å². The van der Waals surface area contributed by atoms with Gasteiger partial charge in [0.05, 0.1) is 12.7 Å². The van der Waals surface area contributed by atoms with Gasteiger partial charge in [0, 0.05) is 19.5 Å². The van der Waals surface area contributed by atoms with Gasteiger partial charge in [-0.15, -0.1) is 0 Å². The molecule has 20 heavy (non-hydrogen) atoms. The van der Waals surface area contributed by atoms with Crippen LogP contribution in [0.4, 0.5) is 0 Å². The van der Waals surface area contributed by atoms with Gasteiger partial charge in [0.15, 0.2) is 0 Å². The molecule has 0 spiro atoms. The molecule has 2 rings (SSSR count). The Balaban J connectivity index is 1.90. The molecule has 6 heteroatoms. The van der Waals surface area contributed by atoms with Crippen molar-refractivity contribution in [1.29, 1.82) is 0 Å². The quantitative estimate of drug-likeness (QED) is 0.672. The molecule has 1 atom stereocenters. The van der Waals surface area contributed by atoms with Gasteiger partial charge in [-0.3, -0.25) is 9.59 Å². The highest BCUT2D eigenvalue weighted by Gasteiger charge is 2.17. The van der Waals surface area contributed by atoms with E-state index in [1.165, 1.54) is 0 Å². The van der Waals surface area contributed by atoms with Gasteiger partial charge >= 0.3 is 11.8 Å². The molecule has 1 aromatic rings. The van der Waals surface area contributed by atoms with E-state index < -0.39 is 17.9 Å². The number of hydrogen-bond acceptors (Lipinski definition) is 4. The molecule has 0 radical (unpaired) electrons. The monoisotopic (exact) mass is 278 g/mol. The number of hydrogen-bond donors (Lipinski definition) is 3. The first kappa shape index (κ1) is 14.3. The maximum absolute atomic E-state index is 11.4. The molecular weight excluding hydrogens is 260 g/mol. The number of rotatable bonds is 4. The Kier molecular flexibility index (Phi) is 4.57. The number of likely N-dealkylation sites (N-methyl/N-ethyl adjacent to an activating group) is 1. The van der Waals surface area contributed by atoms with E-state index in [0.29, 0.717) is 18.7 Å². The third kappa shape index (κ3) is 3.27. The average Bonchev–Trinajstić information content (AvgIpc) is 2.91. The first-order valence-corrected chi connectivity index (χ1v) is 6.61. The van der Waals surface area contributed by atoms with E-state index in [1.807, 2.05) is 12.1 Å². The molecule has 0 saturated heterocycles. The molecule has 0 aliphatic carbocycles. The predicted molar refractivity (Wildman–Crippen MR) is 72.3 cm³/mol. The maximum atomic E-state index is 11.4. The number of ether oxygens (including phenoxy) is 1. The van der Waals surface area contributed by atoms with Crippen molar-refractivity contribution in [3.63, 3.8) is 0 Å². The van der Waals surface area contributed by atoms with E-state index in [2.05, 4.69) is 10.6 Å². The van der Waals surface area contributed by atoms with Crippen molar-refractivity contribution in [2.45, 2.75) is 19.4 Å². The molecule has 0 fully saturated rings. The highest BCUT2D eigenvalue weighted by atomic mass is 16.5. The summed E-state index contributed by atoms with van der Waals surface area (Å²) in [5.41, 5.74) is 1.75. The van der Waals surface area contributed by atoms with E-state index in [0.717, 1.165) is 17.7 Å². The van der Waals surface area contributed by atoms with Crippen LogP contribution in [0.3, 0.4) is 0 Å². The van der Waals surface area contributed by atoms with Crippen LogP contribution in [0.1, 0.15) is 24.2 Å². The number of carbonyl (C=O) groups excluding carboxylic acids is 2. The van der Waals surface area contributed by atoms with Crippen molar-refractivity contribution < 1.29 is 19.4 Å². The van der Waals surface area contributed by atoms with Crippen molar-refractivity contribution in [1.82, 2.24) is 10.6 Å². The van der Waals surface area contributed by atoms with Crippen molar-refractivity contribution in [2.75, 3.05) is 19.7 Å². The summed E-state index contributed by atoms with van der Waals surface area (Å²) in [6.45, 7) is 2.77. The average molecular weight is 278 g/mol. The minimum Gasteiger partial charge on any atom is -0.493 e. The zero-order chi connectivity index (χ0) is 14.5. The molecule has 1 aliphatic heterocycles. The first-order valence-electron chi connectivity index (χ1n) is 6.61. The number of fused-ring (bicyclic) bond motifs is 1. The van der Waals surface area contributed by atoms with Gasteiger partial charge < -0.3 is 20.5 Å². The topological polar surface area (TPSA) is 87.7 Å². The molecule has 0 aromatic heterocycles. The van der Waals surface area contributed by atoms with E-state index in [-0.39, 0.29) is 6.54 Å². The van der Waals surface area contributed by atoms with Gasteiger partial charge in [0.1, 0.15) is 5.75 Å². The molecule has 3 N–H and O–H groups in total. The second-order valence-corrected chi connectivity index (χ2v) is 4.55. The number of benzene rings is 1. The summed E-state index contributed by atoms with van der Waals surface area (Å²) in [7, 11) is 0. The number of aliphatic hydroxyl groups excluding tert-OH is 1. The fourth-order valence-electron chi connectivity index (χ4n) is 2.04. The Morgan fingerprint density at radius 2 is 2.10 bits per heavy atom.